The van der Waals surface area contributed by atoms with E-state index in [0.717, 1.165) is 5.69 Å². The highest BCUT2D eigenvalue weighted by Crippen LogP contribution is 2.24. The number of piperidine rings is 1. The molecular weight excluding hydrogens is 344 g/mol. The average molecular weight is 365 g/mol. The van der Waals surface area contributed by atoms with E-state index in [1.54, 1.807) is 34.1 Å². The normalized spacial score (nSPS) is 21.5. The number of anilines is 1. The highest BCUT2D eigenvalue weighted by molar-refractivity contribution is 6.30. The Morgan fingerprint density at radius 1 is 1.16 bits per heavy atom. The number of amides is 4. The fourth-order valence-corrected chi connectivity index (χ4v) is 3.43. The number of nitrogens with zero attached hydrogens (tertiary/aromatic N) is 2. The molecule has 1 aromatic carbocycles. The van der Waals surface area contributed by atoms with E-state index in [2.05, 4.69) is 5.32 Å². The zero-order valence-corrected chi connectivity index (χ0v) is 14.5. The van der Waals surface area contributed by atoms with Crippen LogP contribution in [0.15, 0.2) is 24.3 Å². The maximum atomic E-state index is 12.4. The van der Waals surface area contributed by atoms with Crippen LogP contribution in [0, 0.1) is 5.92 Å². The predicted octanol–water partition coefficient (Wildman–Crippen LogP) is 1.35. The predicted molar refractivity (Wildman–Crippen MR) is 94.2 cm³/mol. The second kappa shape index (κ2) is 7.31. The quantitative estimate of drug-likeness (QED) is 0.847. The third-order valence-electron chi connectivity index (χ3n) is 4.78. The first kappa shape index (κ1) is 17.5. The Labute approximate surface area is 151 Å². The molecular formula is C17H21ClN4O3. The van der Waals surface area contributed by atoms with Gasteiger partial charge in [-0.15, -0.1) is 0 Å². The first-order valence-corrected chi connectivity index (χ1v) is 8.72. The Hall–Kier alpha value is -2.28. The summed E-state index contributed by atoms with van der Waals surface area (Å²) in [6.45, 7) is 1.44. The second-order valence-corrected chi connectivity index (χ2v) is 6.93. The van der Waals surface area contributed by atoms with Gasteiger partial charge in [-0.2, -0.15) is 0 Å². The smallest absolute Gasteiger partial charge is 0.317 e. The zero-order valence-electron chi connectivity index (χ0n) is 13.8. The van der Waals surface area contributed by atoms with Gasteiger partial charge in [-0.05, 0) is 37.1 Å². The van der Waals surface area contributed by atoms with E-state index in [9.17, 15) is 14.4 Å². The lowest BCUT2D eigenvalue weighted by Gasteiger charge is -2.31. The summed E-state index contributed by atoms with van der Waals surface area (Å²) in [5, 5.41) is 3.53. The molecule has 0 unspecified atom stereocenters. The van der Waals surface area contributed by atoms with Crippen molar-refractivity contribution in [2.75, 3.05) is 24.5 Å². The first-order valence-electron chi connectivity index (χ1n) is 8.34. The van der Waals surface area contributed by atoms with Gasteiger partial charge in [0.25, 0.3) is 0 Å². The Morgan fingerprint density at radius 3 is 2.40 bits per heavy atom. The number of halogens is 1. The SMILES string of the molecule is NC(=O)C1CCN(C(=O)N[C@@H]2CC(=O)N(c3ccc(Cl)cc3)C2)CC1. The summed E-state index contributed by atoms with van der Waals surface area (Å²) >= 11 is 5.87. The van der Waals surface area contributed by atoms with Crippen molar-refractivity contribution in [2.24, 2.45) is 11.7 Å². The minimum absolute atomic E-state index is 0.0277. The van der Waals surface area contributed by atoms with Crippen LogP contribution in [0.3, 0.4) is 0 Å². The lowest BCUT2D eigenvalue weighted by molar-refractivity contribution is -0.123. The van der Waals surface area contributed by atoms with Crippen LogP contribution in [0.1, 0.15) is 19.3 Å². The molecule has 8 heteroatoms. The van der Waals surface area contributed by atoms with Gasteiger partial charge in [-0.1, -0.05) is 11.6 Å². The number of urea groups is 1. The largest absolute Gasteiger partial charge is 0.369 e. The van der Waals surface area contributed by atoms with E-state index in [4.69, 9.17) is 17.3 Å². The maximum Gasteiger partial charge on any atom is 0.317 e. The Balaban J connectivity index is 1.54. The number of carbonyl (C=O) groups is 3. The molecule has 2 heterocycles. The van der Waals surface area contributed by atoms with Crippen molar-refractivity contribution < 1.29 is 14.4 Å². The van der Waals surface area contributed by atoms with Crippen molar-refractivity contribution in [2.45, 2.75) is 25.3 Å². The van der Waals surface area contributed by atoms with Crippen LogP contribution in [-0.4, -0.2) is 48.4 Å². The topological polar surface area (TPSA) is 95.7 Å². The summed E-state index contributed by atoms with van der Waals surface area (Å²) in [4.78, 5) is 39.1. The van der Waals surface area contributed by atoms with Gasteiger partial charge in [-0.3, -0.25) is 9.59 Å². The van der Waals surface area contributed by atoms with Gasteiger partial charge in [0.2, 0.25) is 11.8 Å². The van der Waals surface area contributed by atoms with Crippen molar-refractivity contribution >= 4 is 35.1 Å². The van der Waals surface area contributed by atoms with Crippen LogP contribution >= 0.6 is 11.6 Å². The van der Waals surface area contributed by atoms with Crippen LogP contribution < -0.4 is 16.0 Å². The number of primary amides is 1. The van der Waals surface area contributed by atoms with Gasteiger partial charge in [0.05, 0.1) is 6.04 Å². The van der Waals surface area contributed by atoms with E-state index in [-0.39, 0.29) is 36.2 Å². The zero-order chi connectivity index (χ0) is 18.0. The van der Waals surface area contributed by atoms with Gasteiger partial charge in [0, 0.05) is 42.7 Å². The minimum atomic E-state index is -0.306. The summed E-state index contributed by atoms with van der Waals surface area (Å²) in [7, 11) is 0. The first-order chi connectivity index (χ1) is 11.9. The molecule has 2 saturated heterocycles. The standard InChI is InChI=1S/C17H21ClN4O3/c18-12-1-3-14(4-2-12)22-10-13(9-15(22)23)20-17(25)21-7-5-11(6-8-21)16(19)24/h1-4,11,13H,5-10H2,(H2,19,24)(H,20,25)/t13-/m1/s1. The van der Waals surface area contributed by atoms with Crippen molar-refractivity contribution in [3.8, 4) is 0 Å². The van der Waals surface area contributed by atoms with Crippen molar-refractivity contribution in [1.82, 2.24) is 10.2 Å². The van der Waals surface area contributed by atoms with E-state index in [1.807, 2.05) is 0 Å². The minimum Gasteiger partial charge on any atom is -0.369 e. The molecule has 7 nitrogen and oxygen atoms in total. The number of likely N-dealkylation sites (tertiary alicyclic amines) is 1. The fourth-order valence-electron chi connectivity index (χ4n) is 3.31. The number of nitrogens with one attached hydrogen (secondary N) is 1. The molecule has 0 aliphatic carbocycles. The molecule has 0 saturated carbocycles. The molecule has 3 rings (SSSR count). The van der Waals surface area contributed by atoms with Gasteiger partial charge in [-0.25, -0.2) is 4.79 Å². The molecule has 25 heavy (non-hydrogen) atoms. The van der Waals surface area contributed by atoms with E-state index in [1.165, 1.54) is 0 Å². The number of hydrogen-bond acceptors (Lipinski definition) is 3. The number of rotatable bonds is 3. The average Bonchev–Trinajstić information content (AvgIpc) is 2.96. The van der Waals surface area contributed by atoms with E-state index < -0.39 is 0 Å². The Bertz CT molecular complexity index is 671. The van der Waals surface area contributed by atoms with Gasteiger partial charge in [0.1, 0.15) is 0 Å². The molecule has 0 spiro atoms. The molecule has 0 bridgehead atoms. The highest BCUT2D eigenvalue weighted by Gasteiger charge is 2.33. The number of nitrogens with two attached hydrogens (primary N) is 1. The van der Waals surface area contributed by atoms with E-state index in [0.29, 0.717) is 37.5 Å². The van der Waals surface area contributed by atoms with Crippen LogP contribution in [0.25, 0.3) is 0 Å². The van der Waals surface area contributed by atoms with Gasteiger partial charge in [0.15, 0.2) is 0 Å². The Kier molecular flexibility index (Phi) is 5.13. The van der Waals surface area contributed by atoms with Crippen molar-refractivity contribution in [1.29, 1.82) is 0 Å². The van der Waals surface area contributed by atoms with Crippen molar-refractivity contribution in [3.63, 3.8) is 0 Å². The summed E-state index contributed by atoms with van der Waals surface area (Å²) in [6, 6.07) is 6.62. The molecule has 0 aromatic heterocycles. The number of carbonyl (C=O) groups excluding carboxylic acids is 3. The number of benzene rings is 1. The molecule has 4 amide bonds. The van der Waals surface area contributed by atoms with E-state index >= 15 is 0 Å². The molecule has 1 atom stereocenters. The molecule has 134 valence electrons. The molecule has 3 N–H and O–H groups in total. The lowest BCUT2D eigenvalue weighted by Crippen LogP contribution is -2.49. The van der Waals surface area contributed by atoms with Gasteiger partial charge >= 0.3 is 6.03 Å². The molecule has 2 aliphatic rings. The summed E-state index contributed by atoms with van der Waals surface area (Å²) in [5.41, 5.74) is 6.08. The summed E-state index contributed by atoms with van der Waals surface area (Å²) < 4.78 is 0. The third kappa shape index (κ3) is 4.04. The van der Waals surface area contributed by atoms with Gasteiger partial charge < -0.3 is 20.9 Å². The Morgan fingerprint density at radius 2 is 1.80 bits per heavy atom. The molecule has 0 radical (unpaired) electrons. The fraction of sp³-hybridized carbons (Fsp3) is 0.471. The van der Waals surface area contributed by atoms with Crippen molar-refractivity contribution in [3.05, 3.63) is 29.3 Å². The monoisotopic (exact) mass is 364 g/mol. The molecule has 2 aliphatic heterocycles. The molecule has 1 aromatic rings. The highest BCUT2D eigenvalue weighted by atomic mass is 35.5. The summed E-state index contributed by atoms with van der Waals surface area (Å²) in [5.74, 6) is -0.488. The van der Waals surface area contributed by atoms with Crippen LogP contribution in [0.5, 0.6) is 0 Å². The number of hydrogen-bond donors (Lipinski definition) is 2. The summed E-state index contributed by atoms with van der Waals surface area (Å²) in [6.07, 6.45) is 1.44. The molecule has 2 fully saturated rings. The second-order valence-electron chi connectivity index (χ2n) is 6.49. The third-order valence-corrected chi connectivity index (χ3v) is 5.03. The van der Waals surface area contributed by atoms with Crippen LogP contribution in [-0.2, 0) is 9.59 Å². The maximum absolute atomic E-state index is 12.4. The lowest BCUT2D eigenvalue weighted by atomic mass is 9.96. The van der Waals surface area contributed by atoms with Crippen LogP contribution in [0.4, 0.5) is 10.5 Å². The van der Waals surface area contributed by atoms with Crippen LogP contribution in [0.2, 0.25) is 5.02 Å².